The lowest BCUT2D eigenvalue weighted by molar-refractivity contribution is -0.138. The van der Waals surface area contributed by atoms with Gasteiger partial charge < -0.3 is 25.6 Å². The second-order valence-corrected chi connectivity index (χ2v) is 6.00. The zero-order valence-electron chi connectivity index (χ0n) is 14.1. The fraction of sp³-hybridized carbons (Fsp3) is 0.412. The molecule has 1 saturated heterocycles. The van der Waals surface area contributed by atoms with Gasteiger partial charge in [0, 0.05) is 31.9 Å². The molecule has 0 saturated carbocycles. The van der Waals surface area contributed by atoms with Crippen molar-refractivity contribution in [2.45, 2.75) is 6.92 Å². The van der Waals surface area contributed by atoms with E-state index < -0.39 is 5.97 Å². The Kier molecular flexibility index (Phi) is 6.57. The summed E-state index contributed by atoms with van der Waals surface area (Å²) in [5.74, 6) is -0.127. The standard InChI is InChI=1S/C17H24N4O2S/c1-3-23-17(22)14(15(18)21-11-9-20(2)10-12-21)16(24)19-13-7-5-4-6-8-13/h4-8H,3,9-12,18H2,1-2H3,(H,19,24)/b15-14-. The summed E-state index contributed by atoms with van der Waals surface area (Å²) in [5.41, 5.74) is 7.31. The van der Waals surface area contributed by atoms with E-state index in [0.29, 0.717) is 5.82 Å². The monoisotopic (exact) mass is 348 g/mol. The molecule has 6 nitrogen and oxygen atoms in total. The van der Waals surface area contributed by atoms with Gasteiger partial charge in [0.05, 0.1) is 6.61 Å². The smallest absolute Gasteiger partial charge is 0.344 e. The van der Waals surface area contributed by atoms with Gasteiger partial charge in [0.2, 0.25) is 0 Å². The average molecular weight is 348 g/mol. The number of para-hydroxylation sites is 1. The molecule has 0 radical (unpaired) electrons. The number of esters is 1. The van der Waals surface area contributed by atoms with Gasteiger partial charge in [-0.25, -0.2) is 4.79 Å². The molecule has 1 fully saturated rings. The molecule has 7 heteroatoms. The lowest BCUT2D eigenvalue weighted by Crippen LogP contribution is -2.47. The molecule has 130 valence electrons. The van der Waals surface area contributed by atoms with Crippen LogP contribution in [0.4, 0.5) is 5.69 Å². The summed E-state index contributed by atoms with van der Waals surface area (Å²) in [6, 6.07) is 9.45. The van der Waals surface area contributed by atoms with Crippen molar-refractivity contribution in [3.05, 3.63) is 41.7 Å². The van der Waals surface area contributed by atoms with E-state index >= 15 is 0 Å². The van der Waals surface area contributed by atoms with Crippen molar-refractivity contribution >= 4 is 28.9 Å². The SMILES string of the molecule is CCOC(=O)/C(C(=S)Nc1ccccc1)=C(/N)N1CCN(C)CC1. The third-order valence-electron chi connectivity index (χ3n) is 3.84. The molecule has 1 aliphatic rings. The fourth-order valence-corrected chi connectivity index (χ4v) is 2.74. The summed E-state index contributed by atoms with van der Waals surface area (Å²) in [5, 5.41) is 3.07. The van der Waals surface area contributed by atoms with Crippen molar-refractivity contribution in [3.63, 3.8) is 0 Å². The zero-order chi connectivity index (χ0) is 17.5. The van der Waals surface area contributed by atoms with Crippen LogP contribution in [0.25, 0.3) is 0 Å². The second kappa shape index (κ2) is 8.65. The van der Waals surface area contributed by atoms with Crippen LogP contribution in [-0.2, 0) is 9.53 Å². The Morgan fingerprint density at radius 2 is 1.88 bits per heavy atom. The molecule has 1 aromatic carbocycles. The Morgan fingerprint density at radius 3 is 2.46 bits per heavy atom. The van der Waals surface area contributed by atoms with Crippen LogP contribution >= 0.6 is 12.2 Å². The highest BCUT2D eigenvalue weighted by Gasteiger charge is 2.25. The Bertz CT molecular complexity index is 610. The minimum Gasteiger partial charge on any atom is -0.462 e. The van der Waals surface area contributed by atoms with E-state index in [1.807, 2.05) is 35.2 Å². The largest absolute Gasteiger partial charge is 0.462 e. The Hall–Kier alpha value is -2.12. The molecule has 0 aliphatic carbocycles. The van der Waals surface area contributed by atoms with Crippen molar-refractivity contribution in [2.24, 2.45) is 5.73 Å². The van der Waals surface area contributed by atoms with Crippen molar-refractivity contribution in [1.29, 1.82) is 0 Å². The number of hydrogen-bond donors (Lipinski definition) is 2. The molecule has 0 aromatic heterocycles. The van der Waals surface area contributed by atoms with E-state index in [1.165, 1.54) is 0 Å². The maximum atomic E-state index is 12.4. The van der Waals surface area contributed by atoms with Crippen LogP contribution in [0.2, 0.25) is 0 Å². The van der Waals surface area contributed by atoms with Gasteiger partial charge in [0.1, 0.15) is 16.4 Å². The molecular weight excluding hydrogens is 324 g/mol. The van der Waals surface area contributed by atoms with Crippen LogP contribution in [0, 0.1) is 0 Å². The van der Waals surface area contributed by atoms with Crippen molar-refractivity contribution in [2.75, 3.05) is 45.2 Å². The van der Waals surface area contributed by atoms with Gasteiger partial charge in [-0.2, -0.15) is 0 Å². The van der Waals surface area contributed by atoms with Crippen LogP contribution in [0.1, 0.15) is 6.92 Å². The highest BCUT2D eigenvalue weighted by atomic mass is 32.1. The minimum atomic E-state index is -0.498. The number of nitrogens with zero attached hydrogens (tertiary/aromatic N) is 2. The molecule has 0 atom stereocenters. The normalized spacial score (nSPS) is 16.3. The number of likely N-dealkylation sites (N-methyl/N-ethyl adjacent to an activating group) is 1. The zero-order valence-corrected chi connectivity index (χ0v) is 14.9. The molecule has 2 rings (SSSR count). The number of thiocarbonyl (C=S) groups is 1. The lowest BCUT2D eigenvalue weighted by atomic mass is 10.2. The molecule has 0 bridgehead atoms. The number of hydrogen-bond acceptors (Lipinski definition) is 6. The van der Waals surface area contributed by atoms with E-state index in [4.69, 9.17) is 22.7 Å². The van der Waals surface area contributed by atoms with E-state index in [0.717, 1.165) is 31.9 Å². The number of ether oxygens (including phenoxy) is 1. The molecule has 0 amide bonds. The van der Waals surface area contributed by atoms with Gasteiger partial charge in [0.25, 0.3) is 0 Å². The predicted octanol–water partition coefficient (Wildman–Crippen LogP) is 1.41. The Balaban J connectivity index is 2.24. The summed E-state index contributed by atoms with van der Waals surface area (Å²) in [6.45, 7) is 5.30. The molecule has 1 aromatic rings. The molecule has 3 N–H and O–H groups in total. The first kappa shape index (κ1) is 18.2. The second-order valence-electron chi connectivity index (χ2n) is 5.59. The van der Waals surface area contributed by atoms with Crippen LogP contribution in [-0.4, -0.2) is 60.6 Å². The number of nitrogens with one attached hydrogen (secondary N) is 1. The average Bonchev–Trinajstić information content (AvgIpc) is 2.56. The van der Waals surface area contributed by atoms with Crippen molar-refractivity contribution < 1.29 is 9.53 Å². The predicted molar refractivity (Wildman–Crippen MR) is 99.6 cm³/mol. The van der Waals surface area contributed by atoms with E-state index in [1.54, 1.807) is 6.92 Å². The fourth-order valence-electron chi connectivity index (χ4n) is 2.44. The van der Waals surface area contributed by atoms with Crippen molar-refractivity contribution in [1.82, 2.24) is 9.80 Å². The maximum Gasteiger partial charge on any atom is 0.344 e. The molecule has 0 unspecified atom stereocenters. The summed E-state index contributed by atoms with van der Waals surface area (Å²) in [7, 11) is 2.06. The summed E-state index contributed by atoms with van der Waals surface area (Å²) >= 11 is 5.43. The van der Waals surface area contributed by atoms with Gasteiger partial charge in [-0.05, 0) is 26.1 Å². The van der Waals surface area contributed by atoms with Gasteiger partial charge in [-0.1, -0.05) is 30.4 Å². The van der Waals surface area contributed by atoms with Crippen LogP contribution in [0.3, 0.4) is 0 Å². The number of piperazine rings is 1. The number of nitrogens with two attached hydrogens (primary N) is 1. The van der Waals surface area contributed by atoms with Crippen LogP contribution in [0.5, 0.6) is 0 Å². The number of carbonyl (C=O) groups is 1. The first-order valence-corrected chi connectivity index (χ1v) is 8.40. The van der Waals surface area contributed by atoms with E-state index in [2.05, 4.69) is 17.3 Å². The van der Waals surface area contributed by atoms with E-state index in [9.17, 15) is 4.79 Å². The maximum absolute atomic E-state index is 12.4. The summed E-state index contributed by atoms with van der Waals surface area (Å²) in [6.07, 6.45) is 0. The highest BCUT2D eigenvalue weighted by Crippen LogP contribution is 2.15. The number of rotatable bonds is 5. The quantitative estimate of drug-likeness (QED) is 0.473. The summed E-state index contributed by atoms with van der Waals surface area (Å²) in [4.78, 5) is 16.9. The van der Waals surface area contributed by atoms with Gasteiger partial charge in [0.15, 0.2) is 0 Å². The number of benzene rings is 1. The molecular formula is C17H24N4O2S. The Labute approximate surface area is 148 Å². The van der Waals surface area contributed by atoms with Gasteiger partial charge >= 0.3 is 5.97 Å². The highest BCUT2D eigenvalue weighted by molar-refractivity contribution is 7.81. The number of carbonyl (C=O) groups excluding carboxylic acids is 1. The van der Waals surface area contributed by atoms with Gasteiger partial charge in [-0.15, -0.1) is 0 Å². The first-order valence-electron chi connectivity index (χ1n) is 7.99. The molecule has 0 spiro atoms. The summed E-state index contributed by atoms with van der Waals surface area (Å²) < 4.78 is 5.15. The molecule has 1 aliphatic heterocycles. The third kappa shape index (κ3) is 4.69. The minimum absolute atomic E-state index is 0.222. The van der Waals surface area contributed by atoms with Crippen LogP contribution in [0.15, 0.2) is 41.7 Å². The lowest BCUT2D eigenvalue weighted by Gasteiger charge is -2.34. The number of anilines is 1. The third-order valence-corrected chi connectivity index (χ3v) is 4.14. The van der Waals surface area contributed by atoms with E-state index in [-0.39, 0.29) is 17.2 Å². The first-order chi connectivity index (χ1) is 11.5. The van der Waals surface area contributed by atoms with Crippen LogP contribution < -0.4 is 11.1 Å². The molecule has 24 heavy (non-hydrogen) atoms. The molecule has 1 heterocycles. The topological polar surface area (TPSA) is 70.8 Å². The van der Waals surface area contributed by atoms with Crippen molar-refractivity contribution in [3.8, 4) is 0 Å². The Morgan fingerprint density at radius 1 is 1.25 bits per heavy atom. The van der Waals surface area contributed by atoms with Gasteiger partial charge in [-0.3, -0.25) is 0 Å².